The number of likely N-dealkylation sites (tertiary alicyclic amines) is 1. The zero-order chi connectivity index (χ0) is 21.8. The number of hydrogen-bond acceptors (Lipinski definition) is 4. The Bertz CT molecular complexity index is 901. The molecule has 1 atom stereocenters. The number of ether oxygens (including phenoxy) is 1. The average molecular weight is 423 g/mol. The largest absolute Gasteiger partial charge is 0.488 e. The van der Waals surface area contributed by atoms with Gasteiger partial charge in [-0.25, -0.2) is 4.79 Å². The van der Waals surface area contributed by atoms with Gasteiger partial charge in [-0.3, -0.25) is 14.7 Å². The number of amides is 3. The van der Waals surface area contributed by atoms with Crippen molar-refractivity contribution < 1.29 is 14.3 Å². The maximum absolute atomic E-state index is 12.9. The summed E-state index contributed by atoms with van der Waals surface area (Å²) in [6.07, 6.45) is 5.16. The number of carbonyl (C=O) groups is 2. The predicted molar refractivity (Wildman–Crippen MR) is 119 cm³/mol. The molecule has 2 aliphatic rings. The second-order valence-electron chi connectivity index (χ2n) is 8.51. The van der Waals surface area contributed by atoms with Crippen LogP contribution in [0.4, 0.5) is 10.5 Å². The van der Waals surface area contributed by atoms with E-state index >= 15 is 0 Å². The van der Waals surface area contributed by atoms with E-state index in [2.05, 4.69) is 31.0 Å². The summed E-state index contributed by atoms with van der Waals surface area (Å²) in [5.41, 5.74) is 2.13. The lowest BCUT2D eigenvalue weighted by Crippen LogP contribution is -2.48. The zero-order valence-electron chi connectivity index (χ0n) is 18.2. The van der Waals surface area contributed by atoms with Crippen molar-refractivity contribution in [3.63, 3.8) is 0 Å². The summed E-state index contributed by atoms with van der Waals surface area (Å²) in [4.78, 5) is 35.0. The number of anilines is 1. The zero-order valence-corrected chi connectivity index (χ0v) is 18.2. The van der Waals surface area contributed by atoms with E-state index in [0.717, 1.165) is 24.3 Å². The first-order valence-electron chi connectivity index (χ1n) is 11.0. The molecule has 0 spiro atoms. The van der Waals surface area contributed by atoms with Crippen molar-refractivity contribution in [1.82, 2.24) is 14.8 Å². The van der Waals surface area contributed by atoms with Gasteiger partial charge in [0, 0.05) is 37.7 Å². The summed E-state index contributed by atoms with van der Waals surface area (Å²) in [5.74, 6) is 1.20. The Morgan fingerprint density at radius 2 is 1.84 bits per heavy atom. The average Bonchev–Trinajstić information content (AvgIpc) is 3.14. The number of carbonyl (C=O) groups excluding carboxylic acids is 2. The lowest BCUT2D eigenvalue weighted by Gasteiger charge is -2.33. The van der Waals surface area contributed by atoms with Gasteiger partial charge in [0.05, 0.1) is 6.54 Å². The van der Waals surface area contributed by atoms with Crippen LogP contribution in [-0.4, -0.2) is 65.5 Å². The van der Waals surface area contributed by atoms with E-state index in [4.69, 9.17) is 4.74 Å². The highest BCUT2D eigenvalue weighted by atomic mass is 16.5. The molecule has 1 aromatic carbocycles. The number of rotatable bonds is 6. The van der Waals surface area contributed by atoms with E-state index in [9.17, 15) is 9.59 Å². The van der Waals surface area contributed by atoms with E-state index in [1.54, 1.807) is 22.2 Å². The van der Waals surface area contributed by atoms with Crippen LogP contribution < -0.4 is 9.64 Å². The van der Waals surface area contributed by atoms with Crippen LogP contribution in [0.5, 0.6) is 5.75 Å². The summed E-state index contributed by atoms with van der Waals surface area (Å²) < 4.78 is 6.01. The highest BCUT2D eigenvalue weighted by molar-refractivity contribution is 5.96. The van der Waals surface area contributed by atoms with Crippen molar-refractivity contribution >= 4 is 17.6 Å². The highest BCUT2D eigenvalue weighted by Gasteiger charge is 2.33. The third-order valence-corrected chi connectivity index (χ3v) is 5.98. The van der Waals surface area contributed by atoms with Gasteiger partial charge in [0.1, 0.15) is 18.4 Å². The Kier molecular flexibility index (Phi) is 6.39. The van der Waals surface area contributed by atoms with Gasteiger partial charge in [-0.15, -0.1) is 0 Å². The Morgan fingerprint density at radius 1 is 1.10 bits per heavy atom. The Labute approximate surface area is 183 Å². The molecule has 2 aliphatic heterocycles. The minimum absolute atomic E-state index is 0.0200. The van der Waals surface area contributed by atoms with Crippen molar-refractivity contribution in [1.29, 1.82) is 0 Å². The molecule has 2 aromatic rings. The maximum Gasteiger partial charge on any atom is 0.325 e. The smallest absolute Gasteiger partial charge is 0.325 e. The van der Waals surface area contributed by atoms with E-state index in [1.165, 1.54) is 5.56 Å². The highest BCUT2D eigenvalue weighted by Crippen LogP contribution is 2.24. The monoisotopic (exact) mass is 422 g/mol. The van der Waals surface area contributed by atoms with E-state index in [-0.39, 0.29) is 24.6 Å². The number of aromatic nitrogens is 1. The molecule has 31 heavy (non-hydrogen) atoms. The Balaban J connectivity index is 1.32. The number of pyridine rings is 1. The van der Waals surface area contributed by atoms with Crippen LogP contribution in [-0.2, 0) is 4.79 Å². The third-order valence-electron chi connectivity index (χ3n) is 5.98. The standard InChI is InChI=1S/C24H30N4O3/c1-18(2)19-5-7-20(8-6-19)28-15-14-27(24(28)30)17-23(29)26-13-3-4-22(16-26)31-21-9-11-25-12-10-21/h5-12,18,22H,3-4,13-17H2,1-2H3. The summed E-state index contributed by atoms with van der Waals surface area (Å²) in [6.45, 7) is 6.82. The fourth-order valence-corrected chi connectivity index (χ4v) is 4.14. The molecule has 2 saturated heterocycles. The Hall–Kier alpha value is -3.09. The topological polar surface area (TPSA) is 66.0 Å². The molecule has 0 bridgehead atoms. The molecule has 7 nitrogen and oxygen atoms in total. The summed E-state index contributed by atoms with van der Waals surface area (Å²) in [6, 6.07) is 11.7. The van der Waals surface area contributed by atoms with Crippen molar-refractivity contribution in [3.05, 3.63) is 54.4 Å². The second kappa shape index (κ2) is 9.37. The molecule has 7 heteroatoms. The normalized spacial score (nSPS) is 19.3. The molecule has 0 radical (unpaired) electrons. The van der Waals surface area contributed by atoms with Gasteiger partial charge in [-0.1, -0.05) is 26.0 Å². The molecule has 0 N–H and O–H groups in total. The number of benzene rings is 1. The molecule has 4 rings (SSSR count). The summed E-state index contributed by atoms with van der Waals surface area (Å²) in [5, 5.41) is 0. The molecular formula is C24H30N4O3. The van der Waals surface area contributed by atoms with Crippen molar-refractivity contribution in [2.24, 2.45) is 0 Å². The van der Waals surface area contributed by atoms with E-state index in [1.807, 2.05) is 29.2 Å². The van der Waals surface area contributed by atoms with Gasteiger partial charge >= 0.3 is 6.03 Å². The first-order chi connectivity index (χ1) is 15.0. The van der Waals surface area contributed by atoms with Gasteiger partial charge < -0.3 is 14.5 Å². The molecule has 3 heterocycles. The molecule has 2 fully saturated rings. The molecule has 0 aliphatic carbocycles. The van der Waals surface area contributed by atoms with Crippen molar-refractivity contribution in [2.75, 3.05) is 37.6 Å². The van der Waals surface area contributed by atoms with Crippen LogP contribution in [0.2, 0.25) is 0 Å². The van der Waals surface area contributed by atoms with Gasteiger partial charge in [0.2, 0.25) is 5.91 Å². The van der Waals surface area contributed by atoms with Gasteiger partial charge in [-0.2, -0.15) is 0 Å². The SMILES string of the molecule is CC(C)c1ccc(N2CCN(CC(=O)N3CCCC(Oc4ccncc4)C3)C2=O)cc1. The fraction of sp³-hybridized carbons (Fsp3) is 0.458. The van der Waals surface area contributed by atoms with Crippen LogP contribution >= 0.6 is 0 Å². The van der Waals surface area contributed by atoms with Gasteiger partial charge in [0.25, 0.3) is 0 Å². The second-order valence-corrected chi connectivity index (χ2v) is 8.51. The quantitative estimate of drug-likeness (QED) is 0.715. The summed E-state index contributed by atoms with van der Waals surface area (Å²) in [7, 11) is 0. The number of piperidine rings is 1. The Morgan fingerprint density at radius 3 is 2.55 bits per heavy atom. The first kappa shape index (κ1) is 21.2. The van der Waals surface area contributed by atoms with Crippen LogP contribution in [0.3, 0.4) is 0 Å². The third kappa shape index (κ3) is 4.98. The maximum atomic E-state index is 12.9. The lowest BCUT2D eigenvalue weighted by atomic mass is 10.0. The predicted octanol–water partition coefficient (Wildman–Crippen LogP) is 3.52. The van der Waals surface area contributed by atoms with Crippen LogP contribution in [0.25, 0.3) is 0 Å². The summed E-state index contributed by atoms with van der Waals surface area (Å²) >= 11 is 0. The first-order valence-corrected chi connectivity index (χ1v) is 11.0. The van der Waals surface area contributed by atoms with E-state index in [0.29, 0.717) is 32.1 Å². The molecule has 1 aromatic heterocycles. The molecular weight excluding hydrogens is 392 g/mol. The molecule has 164 valence electrons. The van der Waals surface area contributed by atoms with Gasteiger partial charge in [0.15, 0.2) is 0 Å². The van der Waals surface area contributed by atoms with Crippen molar-refractivity contribution in [3.8, 4) is 5.75 Å². The lowest BCUT2D eigenvalue weighted by molar-refractivity contribution is -0.134. The van der Waals surface area contributed by atoms with E-state index < -0.39 is 0 Å². The van der Waals surface area contributed by atoms with Crippen LogP contribution in [0, 0.1) is 0 Å². The van der Waals surface area contributed by atoms with Crippen molar-refractivity contribution in [2.45, 2.75) is 38.7 Å². The number of hydrogen-bond donors (Lipinski definition) is 0. The van der Waals surface area contributed by atoms with Gasteiger partial charge in [-0.05, 0) is 48.6 Å². The number of nitrogens with zero attached hydrogens (tertiary/aromatic N) is 4. The fourth-order valence-electron chi connectivity index (χ4n) is 4.14. The molecule has 1 unspecified atom stereocenters. The minimum Gasteiger partial charge on any atom is -0.488 e. The minimum atomic E-state index is -0.104. The van der Waals surface area contributed by atoms with Crippen LogP contribution in [0.15, 0.2) is 48.8 Å². The number of urea groups is 1. The molecule has 0 saturated carbocycles. The molecule has 3 amide bonds. The van der Waals surface area contributed by atoms with Crippen LogP contribution in [0.1, 0.15) is 38.2 Å².